The lowest BCUT2D eigenvalue weighted by atomic mass is 9.99. The summed E-state index contributed by atoms with van der Waals surface area (Å²) < 4.78 is 0. The normalized spacial score (nSPS) is 10.6. The highest BCUT2D eigenvalue weighted by Gasteiger charge is 2.07. The van der Waals surface area contributed by atoms with Gasteiger partial charge in [0.15, 0.2) is 0 Å². The van der Waals surface area contributed by atoms with E-state index in [1.807, 2.05) is 25.1 Å². The highest BCUT2D eigenvalue weighted by atomic mass is 14.9. The van der Waals surface area contributed by atoms with Crippen molar-refractivity contribution in [3.05, 3.63) is 104 Å². The zero-order valence-corrected chi connectivity index (χ0v) is 15.9. The molecule has 0 spiro atoms. The SMILES string of the molecule is C=CNc1cc(-c2ccc(-c3ccc(C(=C)C)cc3)cc2)nc2ccccc12. The first kappa shape index (κ1) is 17.7. The number of anilines is 1. The number of nitrogens with zero attached hydrogens (tertiary/aromatic N) is 1. The van der Waals surface area contributed by atoms with Crippen LogP contribution in [0.5, 0.6) is 0 Å². The van der Waals surface area contributed by atoms with Gasteiger partial charge < -0.3 is 5.32 Å². The Bertz CT molecular complexity index is 1150. The molecule has 0 amide bonds. The highest BCUT2D eigenvalue weighted by molar-refractivity contribution is 5.94. The van der Waals surface area contributed by atoms with Gasteiger partial charge in [-0.25, -0.2) is 4.98 Å². The second kappa shape index (κ2) is 7.53. The van der Waals surface area contributed by atoms with E-state index < -0.39 is 0 Å². The van der Waals surface area contributed by atoms with E-state index in [1.165, 1.54) is 16.7 Å². The van der Waals surface area contributed by atoms with Gasteiger partial charge in [0.05, 0.1) is 11.2 Å². The van der Waals surface area contributed by atoms with E-state index in [0.717, 1.165) is 33.4 Å². The van der Waals surface area contributed by atoms with Crippen LogP contribution in [0.15, 0.2) is 98.2 Å². The van der Waals surface area contributed by atoms with E-state index >= 15 is 0 Å². The highest BCUT2D eigenvalue weighted by Crippen LogP contribution is 2.30. The van der Waals surface area contributed by atoms with Crippen molar-refractivity contribution in [2.75, 3.05) is 5.32 Å². The average Bonchev–Trinajstić information content (AvgIpc) is 2.74. The van der Waals surface area contributed by atoms with Crippen LogP contribution in [0.1, 0.15) is 12.5 Å². The molecular formula is C26H22N2. The van der Waals surface area contributed by atoms with Gasteiger partial charge in [0.25, 0.3) is 0 Å². The van der Waals surface area contributed by atoms with Crippen LogP contribution in [-0.2, 0) is 0 Å². The summed E-state index contributed by atoms with van der Waals surface area (Å²) in [6, 6.07) is 27.2. The van der Waals surface area contributed by atoms with Crippen LogP contribution in [0.3, 0.4) is 0 Å². The smallest absolute Gasteiger partial charge is 0.0730 e. The van der Waals surface area contributed by atoms with Gasteiger partial charge in [0, 0.05) is 16.6 Å². The molecule has 28 heavy (non-hydrogen) atoms. The Balaban J connectivity index is 1.70. The Morgan fingerprint density at radius 1 is 0.857 bits per heavy atom. The molecule has 0 aliphatic heterocycles. The Kier molecular flexibility index (Phi) is 4.77. The molecule has 0 bridgehead atoms. The Morgan fingerprint density at radius 2 is 1.46 bits per heavy atom. The van der Waals surface area contributed by atoms with Crippen molar-refractivity contribution in [1.29, 1.82) is 0 Å². The molecule has 2 heteroatoms. The minimum absolute atomic E-state index is 0.937. The van der Waals surface area contributed by atoms with E-state index in [-0.39, 0.29) is 0 Å². The fraction of sp³-hybridized carbons (Fsp3) is 0.0385. The molecule has 0 unspecified atom stereocenters. The van der Waals surface area contributed by atoms with Gasteiger partial charge in [0.2, 0.25) is 0 Å². The summed E-state index contributed by atoms with van der Waals surface area (Å²) in [5, 5.41) is 4.31. The lowest BCUT2D eigenvalue weighted by molar-refractivity contribution is 1.39. The summed E-state index contributed by atoms with van der Waals surface area (Å²) in [5.41, 5.74) is 8.61. The van der Waals surface area contributed by atoms with Gasteiger partial charge in [-0.2, -0.15) is 0 Å². The zero-order valence-electron chi connectivity index (χ0n) is 15.9. The molecule has 2 nitrogen and oxygen atoms in total. The predicted molar refractivity (Wildman–Crippen MR) is 121 cm³/mol. The lowest BCUT2D eigenvalue weighted by Crippen LogP contribution is -1.93. The summed E-state index contributed by atoms with van der Waals surface area (Å²) in [7, 11) is 0. The summed E-state index contributed by atoms with van der Waals surface area (Å²) >= 11 is 0. The zero-order chi connectivity index (χ0) is 19.5. The number of hydrogen-bond donors (Lipinski definition) is 1. The molecule has 0 radical (unpaired) electrons. The molecule has 0 saturated heterocycles. The number of benzene rings is 3. The predicted octanol–water partition coefficient (Wildman–Crippen LogP) is 7.16. The second-order valence-corrected chi connectivity index (χ2v) is 6.86. The number of rotatable bonds is 5. The van der Waals surface area contributed by atoms with Crippen molar-refractivity contribution in [3.63, 3.8) is 0 Å². The number of hydrogen-bond acceptors (Lipinski definition) is 2. The standard InChI is InChI=1S/C26H22N2/c1-4-27-26-17-25(28-24-8-6-5-7-23(24)26)22-15-13-21(14-16-22)20-11-9-19(10-12-20)18(2)3/h4-17H,1-2H2,3H3,(H,27,28). The van der Waals surface area contributed by atoms with E-state index in [4.69, 9.17) is 4.98 Å². The Morgan fingerprint density at radius 3 is 2.11 bits per heavy atom. The van der Waals surface area contributed by atoms with E-state index in [2.05, 4.69) is 79.1 Å². The number of pyridine rings is 1. The fourth-order valence-corrected chi connectivity index (χ4v) is 3.33. The van der Waals surface area contributed by atoms with Gasteiger partial charge in [-0.15, -0.1) is 0 Å². The maximum Gasteiger partial charge on any atom is 0.0730 e. The molecule has 136 valence electrons. The second-order valence-electron chi connectivity index (χ2n) is 6.86. The van der Waals surface area contributed by atoms with E-state index in [1.54, 1.807) is 6.20 Å². The van der Waals surface area contributed by atoms with Crippen LogP contribution >= 0.6 is 0 Å². The topological polar surface area (TPSA) is 24.9 Å². The fourth-order valence-electron chi connectivity index (χ4n) is 3.33. The summed E-state index contributed by atoms with van der Waals surface area (Å²) in [6.45, 7) is 9.81. The first-order chi connectivity index (χ1) is 13.7. The average molecular weight is 362 g/mol. The first-order valence-electron chi connectivity index (χ1n) is 9.30. The van der Waals surface area contributed by atoms with Crippen LogP contribution in [-0.4, -0.2) is 4.98 Å². The summed E-state index contributed by atoms with van der Waals surface area (Å²) in [5.74, 6) is 0. The molecular weight excluding hydrogens is 340 g/mol. The van der Waals surface area contributed by atoms with Crippen molar-refractivity contribution in [2.24, 2.45) is 0 Å². The number of allylic oxidation sites excluding steroid dienone is 1. The van der Waals surface area contributed by atoms with Gasteiger partial charge in [-0.05, 0) is 41.9 Å². The van der Waals surface area contributed by atoms with E-state index in [9.17, 15) is 0 Å². The van der Waals surface area contributed by atoms with E-state index in [0.29, 0.717) is 0 Å². The maximum atomic E-state index is 4.84. The lowest BCUT2D eigenvalue weighted by Gasteiger charge is -2.10. The first-order valence-corrected chi connectivity index (χ1v) is 9.30. The molecule has 1 heterocycles. The number of para-hydroxylation sites is 1. The molecule has 0 fully saturated rings. The van der Waals surface area contributed by atoms with Crippen LogP contribution in [0.4, 0.5) is 5.69 Å². The Labute approximate surface area is 165 Å². The van der Waals surface area contributed by atoms with Crippen LogP contribution in [0, 0.1) is 0 Å². The largest absolute Gasteiger partial charge is 0.362 e. The van der Waals surface area contributed by atoms with Crippen molar-refractivity contribution in [1.82, 2.24) is 4.98 Å². The monoisotopic (exact) mass is 362 g/mol. The van der Waals surface area contributed by atoms with Crippen molar-refractivity contribution < 1.29 is 0 Å². The van der Waals surface area contributed by atoms with Gasteiger partial charge in [-0.1, -0.05) is 85.5 Å². The molecule has 1 aromatic heterocycles. The third-order valence-electron chi connectivity index (χ3n) is 4.87. The molecule has 0 aliphatic rings. The van der Waals surface area contributed by atoms with Crippen molar-refractivity contribution in [3.8, 4) is 22.4 Å². The molecule has 0 aliphatic carbocycles. The molecule has 4 rings (SSSR count). The minimum atomic E-state index is 0.937. The van der Waals surface area contributed by atoms with Gasteiger partial charge >= 0.3 is 0 Å². The van der Waals surface area contributed by atoms with Gasteiger partial charge in [0.1, 0.15) is 0 Å². The summed E-state index contributed by atoms with van der Waals surface area (Å²) in [6.07, 6.45) is 1.70. The quantitative estimate of drug-likeness (QED) is 0.407. The van der Waals surface area contributed by atoms with Crippen LogP contribution in [0.2, 0.25) is 0 Å². The van der Waals surface area contributed by atoms with Gasteiger partial charge in [-0.3, -0.25) is 0 Å². The maximum absolute atomic E-state index is 4.84. The van der Waals surface area contributed by atoms with Crippen LogP contribution in [0.25, 0.3) is 38.9 Å². The number of fused-ring (bicyclic) bond motifs is 1. The summed E-state index contributed by atoms with van der Waals surface area (Å²) in [4.78, 5) is 4.84. The Hall–Kier alpha value is -3.65. The van der Waals surface area contributed by atoms with Crippen LogP contribution < -0.4 is 5.32 Å². The molecule has 0 atom stereocenters. The minimum Gasteiger partial charge on any atom is -0.362 e. The van der Waals surface area contributed by atoms with Crippen molar-refractivity contribution >= 4 is 22.2 Å². The molecule has 1 N–H and O–H groups in total. The third kappa shape index (κ3) is 3.45. The number of aromatic nitrogens is 1. The van der Waals surface area contributed by atoms with Crippen molar-refractivity contribution in [2.45, 2.75) is 6.92 Å². The third-order valence-corrected chi connectivity index (χ3v) is 4.87. The number of nitrogens with one attached hydrogen (secondary N) is 1. The molecule has 0 saturated carbocycles. The molecule has 4 aromatic rings. The molecule has 3 aromatic carbocycles.